The van der Waals surface area contributed by atoms with Crippen molar-refractivity contribution in [3.8, 4) is 0 Å². The van der Waals surface area contributed by atoms with Crippen LogP contribution in [0.15, 0.2) is 29.4 Å². The van der Waals surface area contributed by atoms with Crippen molar-refractivity contribution in [3.05, 3.63) is 35.6 Å². The summed E-state index contributed by atoms with van der Waals surface area (Å²) in [7, 11) is 0. The molecule has 1 aromatic carbocycles. The van der Waals surface area contributed by atoms with Crippen molar-refractivity contribution in [2.45, 2.75) is 0 Å². The van der Waals surface area contributed by atoms with Gasteiger partial charge in [0.05, 0.1) is 6.21 Å². The Morgan fingerprint density at radius 2 is 2.38 bits per heavy atom. The molecule has 0 radical (unpaired) electrons. The maximum Gasteiger partial charge on any atom is 0.184 e. The summed E-state index contributed by atoms with van der Waals surface area (Å²) >= 11 is 4.52. The summed E-state index contributed by atoms with van der Waals surface area (Å²) < 4.78 is 12.6. The summed E-state index contributed by atoms with van der Waals surface area (Å²) in [5, 5.41) is 3.75. The van der Waals surface area contributed by atoms with Crippen LogP contribution in [0.2, 0.25) is 0 Å². The first-order valence-corrected chi connectivity index (χ1v) is 3.93. The highest BCUT2D eigenvalue weighted by molar-refractivity contribution is 7.80. The Labute approximate surface area is 80.4 Å². The van der Waals surface area contributed by atoms with Gasteiger partial charge in [-0.25, -0.2) is 4.39 Å². The second-order valence-electron chi connectivity index (χ2n) is 2.29. The van der Waals surface area contributed by atoms with Gasteiger partial charge in [-0.05, 0) is 29.9 Å². The molecule has 0 fully saturated rings. The van der Waals surface area contributed by atoms with Crippen molar-refractivity contribution in [1.82, 2.24) is 5.43 Å². The molecule has 0 saturated heterocycles. The number of benzene rings is 1. The van der Waals surface area contributed by atoms with E-state index in [0.717, 1.165) is 0 Å². The number of rotatable bonds is 2. The lowest BCUT2D eigenvalue weighted by atomic mass is 10.2. The van der Waals surface area contributed by atoms with Crippen LogP contribution in [0.1, 0.15) is 5.56 Å². The average molecular weight is 197 g/mol. The quantitative estimate of drug-likeness (QED) is 0.422. The van der Waals surface area contributed by atoms with Crippen LogP contribution in [0.25, 0.3) is 0 Å². The molecule has 0 unspecified atom stereocenters. The van der Waals surface area contributed by atoms with Crippen LogP contribution < -0.4 is 11.2 Å². The van der Waals surface area contributed by atoms with Gasteiger partial charge in [-0.3, -0.25) is 5.43 Å². The predicted molar refractivity (Wildman–Crippen MR) is 53.9 cm³/mol. The van der Waals surface area contributed by atoms with E-state index in [0.29, 0.717) is 5.56 Å². The summed E-state index contributed by atoms with van der Waals surface area (Å²) in [5.41, 5.74) is 8.13. The maximum atomic E-state index is 12.6. The number of hydrogen-bond acceptors (Lipinski definition) is 2. The fourth-order valence-corrected chi connectivity index (χ4v) is 0.810. The second-order valence-corrected chi connectivity index (χ2v) is 2.73. The van der Waals surface area contributed by atoms with Gasteiger partial charge in [0.25, 0.3) is 0 Å². The molecular formula is C8H8FN3S. The van der Waals surface area contributed by atoms with Crippen LogP contribution in [0.4, 0.5) is 4.39 Å². The molecule has 0 heterocycles. The van der Waals surface area contributed by atoms with Gasteiger partial charge in [-0.15, -0.1) is 0 Å². The predicted octanol–water partition coefficient (Wildman–Crippen LogP) is 0.993. The van der Waals surface area contributed by atoms with Gasteiger partial charge in [-0.1, -0.05) is 12.1 Å². The molecular weight excluding hydrogens is 189 g/mol. The summed E-state index contributed by atoms with van der Waals surface area (Å²) in [6, 6.07) is 6.02. The number of hydrogen-bond donors (Lipinski definition) is 2. The van der Waals surface area contributed by atoms with Crippen LogP contribution in [-0.4, -0.2) is 11.3 Å². The standard InChI is InChI=1S/C8H8FN3S/c9-7-3-1-2-6(4-7)5-11-12-8(10)13/h1-5H,(H3,10,12,13)/b11-5+. The minimum atomic E-state index is -0.306. The van der Waals surface area contributed by atoms with Crippen LogP contribution in [0, 0.1) is 5.82 Å². The molecule has 68 valence electrons. The Balaban J connectivity index is 2.63. The number of nitrogens with two attached hydrogens (primary N) is 1. The molecule has 3 nitrogen and oxygen atoms in total. The average Bonchev–Trinajstić information content (AvgIpc) is 2.03. The maximum absolute atomic E-state index is 12.6. The van der Waals surface area contributed by atoms with E-state index >= 15 is 0 Å². The lowest BCUT2D eigenvalue weighted by molar-refractivity contribution is 0.627. The highest BCUT2D eigenvalue weighted by Crippen LogP contribution is 1.99. The summed E-state index contributed by atoms with van der Waals surface area (Å²) in [4.78, 5) is 0. The Morgan fingerprint density at radius 3 is 3.00 bits per heavy atom. The molecule has 0 bridgehead atoms. The normalized spacial score (nSPS) is 10.2. The highest BCUT2D eigenvalue weighted by Gasteiger charge is 1.90. The largest absolute Gasteiger partial charge is 0.375 e. The van der Waals surface area contributed by atoms with Crippen LogP contribution in [0.5, 0.6) is 0 Å². The van der Waals surface area contributed by atoms with E-state index in [9.17, 15) is 4.39 Å². The zero-order valence-electron chi connectivity index (χ0n) is 6.70. The SMILES string of the molecule is NC(=S)N/N=C/c1cccc(F)c1. The minimum absolute atomic E-state index is 0.0765. The monoisotopic (exact) mass is 197 g/mol. The third-order valence-corrected chi connectivity index (χ3v) is 1.33. The number of hydrazone groups is 1. The van der Waals surface area contributed by atoms with Crippen molar-refractivity contribution in [2.24, 2.45) is 10.8 Å². The molecule has 13 heavy (non-hydrogen) atoms. The number of nitrogens with one attached hydrogen (secondary N) is 1. The smallest absolute Gasteiger partial charge is 0.184 e. The highest BCUT2D eigenvalue weighted by atomic mass is 32.1. The lowest BCUT2D eigenvalue weighted by Crippen LogP contribution is -2.23. The molecule has 0 aliphatic heterocycles. The van der Waals surface area contributed by atoms with Gasteiger partial charge in [-0.2, -0.15) is 5.10 Å². The third-order valence-electron chi connectivity index (χ3n) is 1.24. The first-order chi connectivity index (χ1) is 6.18. The molecule has 0 spiro atoms. The first kappa shape index (κ1) is 9.60. The second kappa shape index (κ2) is 4.51. The molecule has 3 N–H and O–H groups in total. The Morgan fingerprint density at radius 1 is 1.62 bits per heavy atom. The number of halogens is 1. The zero-order valence-corrected chi connectivity index (χ0v) is 7.51. The van der Waals surface area contributed by atoms with E-state index in [-0.39, 0.29) is 10.9 Å². The van der Waals surface area contributed by atoms with Gasteiger partial charge in [0, 0.05) is 0 Å². The zero-order chi connectivity index (χ0) is 9.68. The molecule has 0 atom stereocenters. The van der Waals surface area contributed by atoms with Crippen LogP contribution in [0.3, 0.4) is 0 Å². The fraction of sp³-hybridized carbons (Fsp3) is 0. The van der Waals surface area contributed by atoms with Gasteiger partial charge < -0.3 is 5.73 Å². The molecule has 5 heteroatoms. The number of thiocarbonyl (C=S) groups is 1. The van der Waals surface area contributed by atoms with Gasteiger partial charge >= 0.3 is 0 Å². The summed E-state index contributed by atoms with van der Waals surface area (Å²) in [5.74, 6) is -0.306. The minimum Gasteiger partial charge on any atom is -0.375 e. The van der Waals surface area contributed by atoms with Crippen LogP contribution in [-0.2, 0) is 0 Å². The molecule has 0 aromatic heterocycles. The van der Waals surface area contributed by atoms with Crippen molar-refractivity contribution < 1.29 is 4.39 Å². The third kappa shape index (κ3) is 3.62. The van der Waals surface area contributed by atoms with Crippen molar-refractivity contribution in [2.75, 3.05) is 0 Å². The molecule has 0 amide bonds. The van der Waals surface area contributed by atoms with E-state index in [1.165, 1.54) is 18.3 Å². The number of nitrogens with zero attached hydrogens (tertiary/aromatic N) is 1. The molecule has 0 aliphatic carbocycles. The summed E-state index contributed by atoms with van der Waals surface area (Å²) in [6.07, 6.45) is 1.43. The topological polar surface area (TPSA) is 50.4 Å². The molecule has 1 rings (SSSR count). The van der Waals surface area contributed by atoms with E-state index in [2.05, 4.69) is 22.7 Å². The Bertz CT molecular complexity index is 338. The first-order valence-electron chi connectivity index (χ1n) is 3.52. The van der Waals surface area contributed by atoms with Crippen LogP contribution >= 0.6 is 12.2 Å². The Hall–Kier alpha value is -1.49. The molecule has 1 aromatic rings. The molecule has 0 saturated carbocycles. The fourth-order valence-electron chi connectivity index (χ4n) is 0.757. The Kier molecular flexibility index (Phi) is 3.33. The van der Waals surface area contributed by atoms with Gasteiger partial charge in [0.1, 0.15) is 5.82 Å². The van der Waals surface area contributed by atoms with Crippen molar-refractivity contribution in [1.29, 1.82) is 0 Å². The van der Waals surface area contributed by atoms with E-state index in [1.54, 1.807) is 12.1 Å². The van der Waals surface area contributed by atoms with Crippen molar-refractivity contribution in [3.63, 3.8) is 0 Å². The summed E-state index contributed by atoms with van der Waals surface area (Å²) in [6.45, 7) is 0. The van der Waals surface area contributed by atoms with E-state index in [1.807, 2.05) is 0 Å². The van der Waals surface area contributed by atoms with Gasteiger partial charge in [0.15, 0.2) is 5.11 Å². The van der Waals surface area contributed by atoms with E-state index in [4.69, 9.17) is 5.73 Å². The molecule has 0 aliphatic rings. The van der Waals surface area contributed by atoms with E-state index < -0.39 is 0 Å². The van der Waals surface area contributed by atoms with Crippen molar-refractivity contribution >= 4 is 23.5 Å². The lowest BCUT2D eigenvalue weighted by Gasteiger charge is -1.94. The van der Waals surface area contributed by atoms with Gasteiger partial charge in [0.2, 0.25) is 0 Å².